The van der Waals surface area contributed by atoms with E-state index in [9.17, 15) is 14.9 Å². The number of anilines is 4. The summed E-state index contributed by atoms with van der Waals surface area (Å²) < 4.78 is 0. The number of nitrogens with one attached hydrogen (secondary N) is 1. The van der Waals surface area contributed by atoms with Crippen molar-refractivity contribution >= 4 is 34.5 Å². The van der Waals surface area contributed by atoms with Crippen molar-refractivity contribution in [3.8, 4) is 0 Å². The third-order valence-electron chi connectivity index (χ3n) is 4.00. The van der Waals surface area contributed by atoms with Gasteiger partial charge in [0, 0.05) is 24.0 Å². The van der Waals surface area contributed by atoms with Gasteiger partial charge in [-0.25, -0.2) is 9.97 Å². The number of nitro groups is 1. The van der Waals surface area contributed by atoms with Crippen molar-refractivity contribution in [2.24, 2.45) is 0 Å². The maximum Gasteiger partial charge on any atom is 0.354 e. The van der Waals surface area contributed by atoms with Crippen LogP contribution < -0.4 is 10.2 Å². The fourth-order valence-electron chi connectivity index (χ4n) is 2.57. The molecule has 0 atom stereocenters. The smallest absolute Gasteiger partial charge is 0.334 e. The maximum absolute atomic E-state index is 11.7. The third-order valence-corrected chi connectivity index (χ3v) is 4.00. The molecule has 1 N–H and O–H groups in total. The molecule has 8 heteroatoms. The largest absolute Gasteiger partial charge is 0.354 e. The first-order valence-electron chi connectivity index (χ1n) is 8.13. The van der Waals surface area contributed by atoms with E-state index in [1.54, 1.807) is 36.2 Å². The van der Waals surface area contributed by atoms with E-state index in [1.807, 2.05) is 30.3 Å². The second-order valence-corrected chi connectivity index (χ2v) is 5.80. The van der Waals surface area contributed by atoms with Crippen LogP contribution in [-0.2, 0) is 0 Å². The average molecular weight is 363 g/mol. The van der Waals surface area contributed by atoms with E-state index in [0.717, 1.165) is 5.69 Å². The summed E-state index contributed by atoms with van der Waals surface area (Å²) in [4.78, 5) is 32.4. The Bertz CT molecular complexity index is 974. The Balaban J connectivity index is 1.98. The normalized spacial score (nSPS) is 10.3. The van der Waals surface area contributed by atoms with E-state index in [4.69, 9.17) is 0 Å². The molecule has 3 rings (SSSR count). The van der Waals surface area contributed by atoms with E-state index in [-0.39, 0.29) is 23.1 Å². The summed E-state index contributed by atoms with van der Waals surface area (Å²) in [5.74, 6) is 0.189. The van der Waals surface area contributed by atoms with Gasteiger partial charge in [-0.2, -0.15) is 0 Å². The lowest BCUT2D eigenvalue weighted by Crippen LogP contribution is -2.15. The Hall–Kier alpha value is -3.81. The quantitative estimate of drug-likeness (QED) is 0.400. The summed E-state index contributed by atoms with van der Waals surface area (Å²) in [6.07, 6.45) is 1.27. The van der Waals surface area contributed by atoms with E-state index >= 15 is 0 Å². The van der Waals surface area contributed by atoms with E-state index in [0.29, 0.717) is 11.3 Å². The van der Waals surface area contributed by atoms with Crippen LogP contribution in [0.25, 0.3) is 0 Å². The highest BCUT2D eigenvalue weighted by atomic mass is 16.6. The maximum atomic E-state index is 11.7. The Morgan fingerprint density at radius 1 is 1.07 bits per heavy atom. The summed E-state index contributed by atoms with van der Waals surface area (Å²) in [5.41, 5.74) is 1.66. The zero-order valence-corrected chi connectivity index (χ0v) is 14.8. The molecule has 136 valence electrons. The van der Waals surface area contributed by atoms with Gasteiger partial charge in [-0.15, -0.1) is 0 Å². The molecular formula is C19H17N5O3. The van der Waals surface area contributed by atoms with Gasteiger partial charge in [0.05, 0.1) is 4.92 Å². The fourth-order valence-corrected chi connectivity index (χ4v) is 2.57. The van der Waals surface area contributed by atoms with Crippen LogP contribution >= 0.6 is 0 Å². The molecule has 0 aliphatic rings. The van der Waals surface area contributed by atoms with Crippen molar-refractivity contribution in [2.45, 2.75) is 6.92 Å². The number of carbonyl (C=O) groups excluding carboxylic acids is 1. The molecule has 27 heavy (non-hydrogen) atoms. The molecule has 0 aliphatic carbocycles. The number of hydrogen-bond acceptors (Lipinski definition) is 7. The first-order valence-corrected chi connectivity index (χ1v) is 8.13. The third kappa shape index (κ3) is 3.90. The molecule has 0 amide bonds. The highest BCUT2D eigenvalue weighted by Gasteiger charge is 2.26. The van der Waals surface area contributed by atoms with Crippen molar-refractivity contribution in [3.05, 3.63) is 76.6 Å². The molecule has 2 aromatic carbocycles. The van der Waals surface area contributed by atoms with Crippen molar-refractivity contribution in [3.63, 3.8) is 0 Å². The number of aromatic nitrogens is 2. The zero-order chi connectivity index (χ0) is 19.4. The van der Waals surface area contributed by atoms with E-state index < -0.39 is 4.92 Å². The Labute approximate surface area is 155 Å². The van der Waals surface area contributed by atoms with Crippen LogP contribution in [0.3, 0.4) is 0 Å². The second kappa shape index (κ2) is 7.61. The van der Waals surface area contributed by atoms with Gasteiger partial charge in [0.25, 0.3) is 0 Å². The van der Waals surface area contributed by atoms with Crippen LogP contribution in [0.5, 0.6) is 0 Å². The van der Waals surface area contributed by atoms with Crippen LogP contribution in [0.4, 0.5) is 28.7 Å². The summed E-state index contributed by atoms with van der Waals surface area (Å²) in [6.45, 7) is 1.48. The topological polar surface area (TPSA) is 101 Å². The molecular weight excluding hydrogens is 346 g/mol. The van der Waals surface area contributed by atoms with Crippen molar-refractivity contribution in [2.75, 3.05) is 17.3 Å². The number of para-hydroxylation sites is 1. The minimum atomic E-state index is -0.513. The van der Waals surface area contributed by atoms with Crippen LogP contribution in [-0.4, -0.2) is 27.7 Å². The van der Waals surface area contributed by atoms with Gasteiger partial charge < -0.3 is 10.2 Å². The highest BCUT2D eigenvalue weighted by molar-refractivity contribution is 5.94. The number of Topliss-reactive ketones (excluding diaryl/α,β-unsaturated/α-hetero) is 1. The van der Waals surface area contributed by atoms with Gasteiger partial charge in [0.15, 0.2) is 5.78 Å². The molecule has 0 unspecified atom stereocenters. The molecule has 0 saturated carbocycles. The fraction of sp³-hybridized carbons (Fsp3) is 0.105. The van der Waals surface area contributed by atoms with E-state index in [1.165, 1.54) is 13.3 Å². The Morgan fingerprint density at radius 2 is 1.74 bits per heavy atom. The number of ketones is 1. The average Bonchev–Trinajstić information content (AvgIpc) is 2.68. The predicted molar refractivity (Wildman–Crippen MR) is 103 cm³/mol. The van der Waals surface area contributed by atoms with Gasteiger partial charge in [-0.05, 0) is 43.3 Å². The molecule has 1 heterocycles. The van der Waals surface area contributed by atoms with Crippen LogP contribution in [0, 0.1) is 10.1 Å². The van der Waals surface area contributed by atoms with Gasteiger partial charge in [-0.1, -0.05) is 18.2 Å². The molecule has 1 aromatic heterocycles. The molecule has 0 fully saturated rings. The van der Waals surface area contributed by atoms with Gasteiger partial charge in [-0.3, -0.25) is 14.9 Å². The highest BCUT2D eigenvalue weighted by Crippen LogP contribution is 2.35. The van der Waals surface area contributed by atoms with Crippen molar-refractivity contribution in [1.82, 2.24) is 9.97 Å². The molecule has 0 aliphatic heterocycles. The SMILES string of the molecule is CC(=O)c1ccc(Nc2ncnc(N(C)c3ccccc3)c2[N+](=O)[O-])cc1. The molecule has 0 bridgehead atoms. The number of rotatable bonds is 6. The molecule has 0 saturated heterocycles. The summed E-state index contributed by atoms with van der Waals surface area (Å²) in [6, 6.07) is 15.8. The minimum Gasteiger partial charge on any atom is -0.334 e. The standard InChI is InChI=1S/C19H17N5O3/c1-13(25)14-8-10-15(11-9-14)22-18-17(24(26)27)19(21-12-20-18)23(2)16-6-4-3-5-7-16/h3-12H,1-2H3,(H,20,21,22). The zero-order valence-electron chi connectivity index (χ0n) is 14.8. The predicted octanol–water partition coefficient (Wildman–Crippen LogP) is 4.10. The number of benzene rings is 2. The summed E-state index contributed by atoms with van der Waals surface area (Å²) in [5, 5.41) is 14.7. The number of hydrogen-bond donors (Lipinski definition) is 1. The van der Waals surface area contributed by atoms with Crippen LogP contribution in [0.1, 0.15) is 17.3 Å². The van der Waals surface area contributed by atoms with Crippen molar-refractivity contribution in [1.29, 1.82) is 0 Å². The lowest BCUT2D eigenvalue weighted by Gasteiger charge is -2.18. The van der Waals surface area contributed by atoms with Gasteiger partial charge >= 0.3 is 5.69 Å². The molecule has 0 spiro atoms. The van der Waals surface area contributed by atoms with Gasteiger partial charge in [0.2, 0.25) is 11.6 Å². The Morgan fingerprint density at radius 3 is 2.33 bits per heavy atom. The van der Waals surface area contributed by atoms with Crippen molar-refractivity contribution < 1.29 is 9.72 Å². The number of nitrogens with zero attached hydrogens (tertiary/aromatic N) is 4. The number of carbonyl (C=O) groups is 1. The lowest BCUT2D eigenvalue weighted by atomic mass is 10.1. The summed E-state index contributed by atoms with van der Waals surface area (Å²) >= 11 is 0. The van der Waals surface area contributed by atoms with E-state index in [2.05, 4.69) is 15.3 Å². The van der Waals surface area contributed by atoms with Crippen LogP contribution in [0.2, 0.25) is 0 Å². The minimum absolute atomic E-state index is 0.0543. The molecule has 3 aromatic rings. The van der Waals surface area contributed by atoms with Crippen LogP contribution in [0.15, 0.2) is 60.9 Å². The lowest BCUT2D eigenvalue weighted by molar-refractivity contribution is -0.383. The summed E-state index contributed by atoms with van der Waals surface area (Å²) in [7, 11) is 1.70. The Kier molecular flexibility index (Phi) is 5.07. The second-order valence-electron chi connectivity index (χ2n) is 5.80. The molecule has 0 radical (unpaired) electrons. The monoisotopic (exact) mass is 363 g/mol. The first-order chi connectivity index (χ1) is 13.0. The van der Waals surface area contributed by atoms with Gasteiger partial charge in [0.1, 0.15) is 6.33 Å². The molecule has 8 nitrogen and oxygen atoms in total. The first kappa shape index (κ1) is 18.0.